The molecule has 1 aromatic rings. The molecule has 5 nitrogen and oxygen atoms in total. The number of carboxylic acid groups (broad SMARTS) is 1. The molecule has 0 fully saturated rings. The van der Waals surface area contributed by atoms with E-state index in [-0.39, 0.29) is 11.3 Å². The molecule has 0 bridgehead atoms. The van der Waals surface area contributed by atoms with Crippen molar-refractivity contribution in [3.05, 3.63) is 23.8 Å². The van der Waals surface area contributed by atoms with Crippen LogP contribution in [0.2, 0.25) is 0 Å². The van der Waals surface area contributed by atoms with Crippen LogP contribution in [0.4, 0.5) is 11.4 Å². The molecular weight excluding hydrogens is 240 g/mol. The fourth-order valence-electron chi connectivity index (χ4n) is 1.32. The van der Waals surface area contributed by atoms with Gasteiger partial charge in [0.15, 0.2) is 0 Å². The number of carboxylic acids is 1. The quantitative estimate of drug-likeness (QED) is 0.664. The first-order chi connectivity index (χ1) is 8.04. The Labute approximate surface area is 102 Å². The minimum Gasteiger partial charge on any atom is -0.478 e. The summed E-state index contributed by atoms with van der Waals surface area (Å²) in [7, 11) is -0.806. The van der Waals surface area contributed by atoms with Crippen LogP contribution in [0.25, 0.3) is 0 Å². The first-order valence-corrected chi connectivity index (χ1v) is 6.75. The van der Waals surface area contributed by atoms with E-state index in [0.717, 1.165) is 5.69 Å². The number of nitrogen functional groups attached to an aromatic ring is 1. The van der Waals surface area contributed by atoms with Crippen LogP contribution in [-0.4, -0.2) is 33.3 Å². The van der Waals surface area contributed by atoms with Crippen molar-refractivity contribution in [3.63, 3.8) is 0 Å². The van der Waals surface area contributed by atoms with Crippen LogP contribution in [-0.2, 0) is 10.8 Å². The van der Waals surface area contributed by atoms with Gasteiger partial charge >= 0.3 is 5.97 Å². The predicted octanol–water partition coefficient (Wildman–Crippen LogP) is 1.15. The van der Waals surface area contributed by atoms with Crippen molar-refractivity contribution >= 4 is 28.1 Å². The summed E-state index contributed by atoms with van der Waals surface area (Å²) in [5.41, 5.74) is 6.65. The summed E-state index contributed by atoms with van der Waals surface area (Å²) < 4.78 is 11.2. The molecule has 1 unspecified atom stereocenters. The van der Waals surface area contributed by atoms with Crippen LogP contribution in [0.1, 0.15) is 17.3 Å². The average Bonchev–Trinajstić information content (AvgIpc) is 2.28. The predicted molar refractivity (Wildman–Crippen MR) is 69.9 cm³/mol. The smallest absolute Gasteiger partial charge is 0.337 e. The summed E-state index contributed by atoms with van der Waals surface area (Å²) >= 11 is 0. The van der Waals surface area contributed by atoms with Crippen LogP contribution < -0.4 is 11.1 Å². The number of carbonyl (C=O) groups is 1. The van der Waals surface area contributed by atoms with Gasteiger partial charge in [0.25, 0.3) is 0 Å². The van der Waals surface area contributed by atoms with Crippen LogP contribution >= 0.6 is 0 Å². The molecule has 0 saturated heterocycles. The zero-order valence-electron chi connectivity index (χ0n) is 9.60. The Bertz CT molecular complexity index is 435. The summed E-state index contributed by atoms with van der Waals surface area (Å²) in [5.74, 6) is 0.167. The lowest BCUT2D eigenvalue weighted by Crippen LogP contribution is -2.12. The molecule has 0 aliphatic heterocycles. The van der Waals surface area contributed by atoms with Gasteiger partial charge in [-0.1, -0.05) is 6.92 Å². The molecule has 4 N–H and O–H groups in total. The Morgan fingerprint density at radius 1 is 1.53 bits per heavy atom. The van der Waals surface area contributed by atoms with Crippen LogP contribution in [0.5, 0.6) is 0 Å². The van der Waals surface area contributed by atoms with Crippen molar-refractivity contribution in [3.8, 4) is 0 Å². The highest BCUT2D eigenvalue weighted by atomic mass is 32.2. The maximum absolute atomic E-state index is 11.2. The van der Waals surface area contributed by atoms with E-state index in [9.17, 15) is 9.00 Å². The third-order valence-corrected chi connectivity index (χ3v) is 3.57. The van der Waals surface area contributed by atoms with Gasteiger partial charge in [0.05, 0.1) is 5.56 Å². The number of benzene rings is 1. The molecule has 0 amide bonds. The van der Waals surface area contributed by atoms with E-state index in [1.165, 1.54) is 6.07 Å². The number of rotatable bonds is 6. The van der Waals surface area contributed by atoms with Crippen molar-refractivity contribution in [2.24, 2.45) is 0 Å². The van der Waals surface area contributed by atoms with E-state index in [2.05, 4.69) is 5.32 Å². The number of anilines is 2. The van der Waals surface area contributed by atoms with Crippen LogP contribution in [0, 0.1) is 0 Å². The van der Waals surface area contributed by atoms with Crippen molar-refractivity contribution in [2.75, 3.05) is 29.1 Å². The van der Waals surface area contributed by atoms with E-state index >= 15 is 0 Å². The second-order valence-corrected chi connectivity index (χ2v) is 5.33. The molecule has 1 aromatic carbocycles. The van der Waals surface area contributed by atoms with Crippen molar-refractivity contribution in [1.82, 2.24) is 0 Å². The lowest BCUT2D eigenvalue weighted by atomic mass is 10.1. The van der Waals surface area contributed by atoms with Crippen molar-refractivity contribution in [1.29, 1.82) is 0 Å². The van der Waals surface area contributed by atoms with Gasteiger partial charge in [0.1, 0.15) is 0 Å². The van der Waals surface area contributed by atoms with Gasteiger partial charge in [0, 0.05) is 40.2 Å². The normalized spacial score (nSPS) is 12.1. The Balaban J connectivity index is 2.59. The monoisotopic (exact) mass is 256 g/mol. The van der Waals surface area contributed by atoms with Crippen LogP contribution in [0.3, 0.4) is 0 Å². The minimum absolute atomic E-state index is 0.0904. The second kappa shape index (κ2) is 6.24. The molecule has 0 spiro atoms. The third-order valence-electron chi connectivity index (χ3n) is 2.26. The SMILES string of the molecule is CCS(=O)CCNc1ccc(C(=O)O)c(N)c1. The lowest BCUT2D eigenvalue weighted by molar-refractivity contribution is 0.0698. The summed E-state index contributed by atoms with van der Waals surface area (Å²) in [6.45, 7) is 2.45. The maximum atomic E-state index is 11.2. The highest BCUT2D eigenvalue weighted by molar-refractivity contribution is 7.84. The third kappa shape index (κ3) is 4.07. The first-order valence-electron chi connectivity index (χ1n) is 5.26. The Morgan fingerprint density at radius 2 is 2.24 bits per heavy atom. The van der Waals surface area contributed by atoms with Gasteiger partial charge in [0.2, 0.25) is 0 Å². The number of aromatic carboxylic acids is 1. The highest BCUT2D eigenvalue weighted by Gasteiger charge is 2.07. The molecule has 0 aliphatic carbocycles. The molecule has 0 heterocycles. The fourth-order valence-corrected chi connectivity index (χ4v) is 1.94. The van der Waals surface area contributed by atoms with E-state index in [1.54, 1.807) is 12.1 Å². The molecule has 6 heteroatoms. The standard InChI is InChI=1S/C11H16N2O3S/c1-2-17(16)6-5-13-8-3-4-9(11(14)15)10(12)7-8/h3-4,7,13H,2,5-6,12H2,1H3,(H,14,15). The Kier molecular flexibility index (Phi) is 4.96. The van der Waals surface area contributed by atoms with Gasteiger partial charge in [-0.25, -0.2) is 4.79 Å². The molecular formula is C11H16N2O3S. The maximum Gasteiger partial charge on any atom is 0.337 e. The van der Waals surface area contributed by atoms with E-state index in [4.69, 9.17) is 10.8 Å². The van der Waals surface area contributed by atoms with Gasteiger partial charge in [-0.3, -0.25) is 4.21 Å². The van der Waals surface area contributed by atoms with Gasteiger partial charge in [-0.2, -0.15) is 0 Å². The lowest BCUT2D eigenvalue weighted by Gasteiger charge is -2.08. The molecule has 0 aromatic heterocycles. The largest absolute Gasteiger partial charge is 0.478 e. The Morgan fingerprint density at radius 3 is 2.76 bits per heavy atom. The fraction of sp³-hybridized carbons (Fsp3) is 0.364. The zero-order valence-corrected chi connectivity index (χ0v) is 10.4. The number of hydrogen-bond donors (Lipinski definition) is 3. The molecule has 94 valence electrons. The molecule has 0 radical (unpaired) electrons. The summed E-state index contributed by atoms with van der Waals surface area (Å²) in [5, 5.41) is 11.8. The number of nitrogens with one attached hydrogen (secondary N) is 1. The van der Waals surface area contributed by atoms with Gasteiger partial charge < -0.3 is 16.2 Å². The summed E-state index contributed by atoms with van der Waals surface area (Å²) in [6, 6.07) is 4.67. The zero-order chi connectivity index (χ0) is 12.8. The first kappa shape index (κ1) is 13.5. The minimum atomic E-state index is -1.04. The molecule has 1 rings (SSSR count). The Hall–Kier alpha value is -1.56. The van der Waals surface area contributed by atoms with E-state index in [1.807, 2.05) is 6.92 Å². The van der Waals surface area contributed by atoms with Gasteiger partial charge in [-0.15, -0.1) is 0 Å². The second-order valence-electron chi connectivity index (χ2n) is 3.47. The highest BCUT2D eigenvalue weighted by Crippen LogP contribution is 2.17. The van der Waals surface area contributed by atoms with E-state index < -0.39 is 16.8 Å². The average molecular weight is 256 g/mol. The van der Waals surface area contributed by atoms with Crippen molar-refractivity contribution in [2.45, 2.75) is 6.92 Å². The molecule has 1 atom stereocenters. The van der Waals surface area contributed by atoms with Gasteiger partial charge in [-0.05, 0) is 18.2 Å². The summed E-state index contributed by atoms with van der Waals surface area (Å²) in [6.07, 6.45) is 0. The molecule has 0 aliphatic rings. The number of nitrogens with two attached hydrogens (primary N) is 1. The van der Waals surface area contributed by atoms with Crippen molar-refractivity contribution < 1.29 is 14.1 Å². The molecule has 17 heavy (non-hydrogen) atoms. The van der Waals surface area contributed by atoms with Crippen LogP contribution in [0.15, 0.2) is 18.2 Å². The topological polar surface area (TPSA) is 92.4 Å². The summed E-state index contributed by atoms with van der Waals surface area (Å²) in [4.78, 5) is 10.7. The van der Waals surface area contributed by atoms with E-state index in [0.29, 0.717) is 18.1 Å². The molecule has 0 saturated carbocycles. The number of hydrogen-bond acceptors (Lipinski definition) is 4.